The van der Waals surface area contributed by atoms with E-state index in [0.29, 0.717) is 5.92 Å². The summed E-state index contributed by atoms with van der Waals surface area (Å²) in [6, 6.07) is 48.3. The Morgan fingerprint density at radius 3 is 1.93 bits per heavy atom. The molecule has 0 spiro atoms. The minimum absolute atomic E-state index is 0.352. The summed E-state index contributed by atoms with van der Waals surface area (Å²) in [6.07, 6.45) is 9.03. The standard InChI is InChI=1S/C44H34N2/c1-3-4-6-13-30(2)44-28-34-26-31(22-25-43(34)46(44)35-14-7-5-8-15-35)33-21-24-42(45-29-33)32-20-23-40-38-18-10-9-16-36(38)37-17-11-12-19-39(37)41(40)27-32/h3-12,14-30H,1,13H2,2H3/b6-4-. The lowest BCUT2D eigenvalue weighted by molar-refractivity contribution is 0.731. The summed E-state index contributed by atoms with van der Waals surface area (Å²) in [7, 11) is 0. The molecule has 220 valence electrons. The summed E-state index contributed by atoms with van der Waals surface area (Å²) in [5.41, 5.74) is 8.07. The highest BCUT2D eigenvalue weighted by atomic mass is 15.0. The van der Waals surface area contributed by atoms with E-state index in [2.05, 4.69) is 158 Å². The van der Waals surface area contributed by atoms with Gasteiger partial charge in [0.15, 0.2) is 0 Å². The Morgan fingerprint density at radius 2 is 1.26 bits per heavy atom. The van der Waals surface area contributed by atoms with E-state index in [4.69, 9.17) is 4.98 Å². The molecule has 0 N–H and O–H groups in total. The van der Waals surface area contributed by atoms with Gasteiger partial charge in [-0.2, -0.15) is 0 Å². The molecule has 2 heteroatoms. The number of fused-ring (bicyclic) bond motifs is 7. The minimum Gasteiger partial charge on any atom is -0.313 e. The van der Waals surface area contributed by atoms with Crippen molar-refractivity contribution in [2.75, 3.05) is 0 Å². The molecule has 0 saturated heterocycles. The van der Waals surface area contributed by atoms with Gasteiger partial charge in [0, 0.05) is 40.0 Å². The Labute approximate surface area is 269 Å². The number of benzene rings is 6. The van der Waals surface area contributed by atoms with Crippen molar-refractivity contribution >= 4 is 43.2 Å². The van der Waals surface area contributed by atoms with Crippen LogP contribution in [0.2, 0.25) is 0 Å². The summed E-state index contributed by atoms with van der Waals surface area (Å²) in [5, 5.41) is 8.90. The summed E-state index contributed by atoms with van der Waals surface area (Å²) in [5.74, 6) is 0.352. The smallest absolute Gasteiger partial charge is 0.0702 e. The van der Waals surface area contributed by atoms with Crippen LogP contribution in [0.25, 0.3) is 71.3 Å². The highest BCUT2D eigenvalue weighted by Gasteiger charge is 2.16. The molecule has 0 bridgehead atoms. The number of pyridine rings is 1. The van der Waals surface area contributed by atoms with Crippen molar-refractivity contribution in [1.29, 1.82) is 0 Å². The molecule has 0 aliphatic carbocycles. The molecule has 0 radical (unpaired) electrons. The van der Waals surface area contributed by atoms with Gasteiger partial charge in [0.1, 0.15) is 0 Å². The van der Waals surface area contributed by atoms with Crippen molar-refractivity contribution in [1.82, 2.24) is 9.55 Å². The first-order valence-electron chi connectivity index (χ1n) is 16.0. The molecular formula is C44H34N2. The maximum atomic E-state index is 4.97. The molecule has 2 aromatic heterocycles. The molecule has 1 atom stereocenters. The molecule has 0 aliphatic heterocycles. The Morgan fingerprint density at radius 1 is 0.630 bits per heavy atom. The van der Waals surface area contributed by atoms with Crippen LogP contribution in [0.1, 0.15) is 25.0 Å². The lowest BCUT2D eigenvalue weighted by atomic mass is 9.93. The summed E-state index contributed by atoms with van der Waals surface area (Å²) >= 11 is 0. The molecule has 8 rings (SSSR count). The first-order chi connectivity index (χ1) is 22.7. The van der Waals surface area contributed by atoms with Gasteiger partial charge < -0.3 is 4.57 Å². The number of allylic oxidation sites excluding steroid dienone is 3. The van der Waals surface area contributed by atoms with Crippen molar-refractivity contribution in [2.24, 2.45) is 0 Å². The van der Waals surface area contributed by atoms with E-state index in [9.17, 15) is 0 Å². The fraction of sp³-hybridized carbons (Fsp3) is 0.0682. The second kappa shape index (κ2) is 11.6. The molecule has 0 fully saturated rings. The average molecular weight is 591 g/mol. The van der Waals surface area contributed by atoms with E-state index >= 15 is 0 Å². The van der Waals surface area contributed by atoms with Gasteiger partial charge in [-0.15, -0.1) is 0 Å². The Balaban J connectivity index is 1.17. The van der Waals surface area contributed by atoms with Crippen molar-refractivity contribution in [3.8, 4) is 28.1 Å². The number of nitrogens with zero attached hydrogens (tertiary/aromatic N) is 2. The van der Waals surface area contributed by atoms with Crippen LogP contribution in [-0.2, 0) is 0 Å². The van der Waals surface area contributed by atoms with Crippen LogP contribution in [0.3, 0.4) is 0 Å². The molecule has 2 nitrogen and oxygen atoms in total. The molecule has 0 saturated carbocycles. The van der Waals surface area contributed by atoms with Crippen molar-refractivity contribution in [3.05, 3.63) is 170 Å². The molecule has 1 unspecified atom stereocenters. The monoisotopic (exact) mass is 590 g/mol. The maximum Gasteiger partial charge on any atom is 0.0702 e. The molecule has 0 amide bonds. The van der Waals surface area contributed by atoms with E-state index in [-0.39, 0.29) is 0 Å². The van der Waals surface area contributed by atoms with Gasteiger partial charge >= 0.3 is 0 Å². The predicted octanol–water partition coefficient (Wildman–Crippen LogP) is 12.1. The predicted molar refractivity (Wildman–Crippen MR) is 197 cm³/mol. The third-order valence-electron chi connectivity index (χ3n) is 9.25. The molecule has 8 aromatic rings. The van der Waals surface area contributed by atoms with E-state index in [1.807, 2.05) is 18.3 Å². The number of rotatable bonds is 7. The van der Waals surface area contributed by atoms with Gasteiger partial charge in [-0.3, -0.25) is 4.98 Å². The molecule has 46 heavy (non-hydrogen) atoms. The minimum atomic E-state index is 0.352. The lowest BCUT2D eigenvalue weighted by Crippen LogP contribution is -2.03. The molecular weight excluding hydrogens is 556 g/mol. The molecule has 6 aromatic carbocycles. The van der Waals surface area contributed by atoms with Gasteiger partial charge in [-0.25, -0.2) is 0 Å². The fourth-order valence-electron chi connectivity index (χ4n) is 6.95. The van der Waals surface area contributed by atoms with Gasteiger partial charge in [-0.05, 0) is 86.8 Å². The third-order valence-corrected chi connectivity index (χ3v) is 9.25. The van der Waals surface area contributed by atoms with Crippen molar-refractivity contribution in [2.45, 2.75) is 19.3 Å². The van der Waals surface area contributed by atoms with E-state index in [1.165, 1.54) is 60.2 Å². The van der Waals surface area contributed by atoms with Gasteiger partial charge in [0.25, 0.3) is 0 Å². The molecule has 2 heterocycles. The first-order valence-corrected chi connectivity index (χ1v) is 16.0. The number of hydrogen-bond acceptors (Lipinski definition) is 1. The summed E-state index contributed by atoms with van der Waals surface area (Å²) in [6.45, 7) is 6.12. The summed E-state index contributed by atoms with van der Waals surface area (Å²) in [4.78, 5) is 4.97. The van der Waals surface area contributed by atoms with E-state index < -0.39 is 0 Å². The topological polar surface area (TPSA) is 17.8 Å². The van der Waals surface area contributed by atoms with Crippen molar-refractivity contribution < 1.29 is 0 Å². The van der Waals surface area contributed by atoms with E-state index in [1.54, 1.807) is 0 Å². The fourth-order valence-corrected chi connectivity index (χ4v) is 6.95. The highest BCUT2D eigenvalue weighted by Crippen LogP contribution is 2.38. The van der Waals surface area contributed by atoms with Crippen LogP contribution in [0.15, 0.2) is 164 Å². The zero-order chi connectivity index (χ0) is 31.0. The number of hydrogen-bond donors (Lipinski definition) is 0. The maximum absolute atomic E-state index is 4.97. The normalized spacial score (nSPS) is 12.5. The Kier molecular flexibility index (Phi) is 7.04. The van der Waals surface area contributed by atoms with Crippen LogP contribution >= 0.6 is 0 Å². The Bertz CT molecular complexity index is 2380. The largest absolute Gasteiger partial charge is 0.313 e. The molecule has 0 aliphatic rings. The lowest BCUT2D eigenvalue weighted by Gasteiger charge is -2.15. The van der Waals surface area contributed by atoms with Gasteiger partial charge in [0.05, 0.1) is 11.2 Å². The zero-order valence-electron chi connectivity index (χ0n) is 25.9. The second-order valence-electron chi connectivity index (χ2n) is 12.1. The van der Waals surface area contributed by atoms with Gasteiger partial charge in [-0.1, -0.05) is 123 Å². The van der Waals surface area contributed by atoms with Crippen LogP contribution in [-0.4, -0.2) is 9.55 Å². The van der Waals surface area contributed by atoms with Gasteiger partial charge in [0.2, 0.25) is 0 Å². The second-order valence-corrected chi connectivity index (χ2v) is 12.1. The average Bonchev–Trinajstić information content (AvgIpc) is 3.51. The van der Waals surface area contributed by atoms with Crippen molar-refractivity contribution in [3.63, 3.8) is 0 Å². The van der Waals surface area contributed by atoms with Crippen LogP contribution in [0.5, 0.6) is 0 Å². The van der Waals surface area contributed by atoms with E-state index in [0.717, 1.165) is 23.2 Å². The SMILES string of the molecule is C=C/C=C\CC(C)c1cc2cc(-c3ccc(-c4ccc5c6ccccc6c6ccccc6c5c4)nc3)ccc2n1-c1ccccc1. The summed E-state index contributed by atoms with van der Waals surface area (Å²) < 4.78 is 2.40. The number of aromatic nitrogens is 2. The zero-order valence-corrected chi connectivity index (χ0v) is 25.9. The quantitative estimate of drug-likeness (QED) is 0.133. The first kappa shape index (κ1) is 27.8. The Hall–Kier alpha value is -5.73. The van der Waals surface area contributed by atoms with Crippen LogP contribution < -0.4 is 0 Å². The third kappa shape index (κ3) is 4.80. The van der Waals surface area contributed by atoms with Crippen LogP contribution in [0.4, 0.5) is 0 Å². The highest BCUT2D eigenvalue weighted by molar-refractivity contribution is 6.25. The number of para-hydroxylation sites is 1. The van der Waals surface area contributed by atoms with Crippen LogP contribution in [0, 0.1) is 0 Å².